The molecule has 0 radical (unpaired) electrons. The highest BCUT2D eigenvalue weighted by Crippen LogP contribution is 2.27. The van der Waals surface area contributed by atoms with Gasteiger partial charge in [0.15, 0.2) is 5.76 Å². The molecular weight excluding hydrogens is 265 g/mol. The monoisotopic (exact) mass is 279 g/mol. The Morgan fingerprint density at radius 3 is 2.70 bits per heavy atom. The normalized spacial score (nSPS) is 12.2. The number of aliphatic hydroxyl groups is 1. The molecule has 1 unspecified atom stereocenters. The minimum absolute atomic E-state index is 0.00689. The maximum absolute atomic E-state index is 12.9. The van der Waals surface area contributed by atoms with E-state index < -0.39 is 17.9 Å². The molecule has 20 heavy (non-hydrogen) atoms. The molecule has 1 aromatic heterocycles. The molecule has 1 aromatic carbocycles. The van der Waals surface area contributed by atoms with Crippen molar-refractivity contribution in [2.24, 2.45) is 0 Å². The number of carbonyl (C=O) groups excluding carboxylic acids is 1. The lowest BCUT2D eigenvalue weighted by Crippen LogP contribution is -2.10. The van der Waals surface area contributed by atoms with Crippen molar-refractivity contribution in [3.8, 4) is 0 Å². The lowest BCUT2D eigenvalue weighted by molar-refractivity contribution is 0.0516. The van der Waals surface area contributed by atoms with Gasteiger partial charge < -0.3 is 14.4 Å². The molecule has 0 spiro atoms. The van der Waals surface area contributed by atoms with Crippen LogP contribution in [0.2, 0.25) is 0 Å². The molecular formula is C14H14FNO4. The average Bonchev–Trinajstić information content (AvgIpc) is 2.81. The summed E-state index contributed by atoms with van der Waals surface area (Å²) >= 11 is 0. The van der Waals surface area contributed by atoms with Gasteiger partial charge in [-0.3, -0.25) is 0 Å². The minimum atomic E-state index is -1.21. The van der Waals surface area contributed by atoms with Gasteiger partial charge >= 0.3 is 5.97 Å². The van der Waals surface area contributed by atoms with Crippen molar-refractivity contribution in [1.82, 2.24) is 5.16 Å². The van der Waals surface area contributed by atoms with E-state index in [0.717, 1.165) is 0 Å². The summed E-state index contributed by atoms with van der Waals surface area (Å²) in [6.45, 7) is 3.46. The molecule has 0 bridgehead atoms. The van der Waals surface area contributed by atoms with Crippen LogP contribution in [0.5, 0.6) is 0 Å². The van der Waals surface area contributed by atoms with Gasteiger partial charge in [0.2, 0.25) is 0 Å². The summed E-state index contributed by atoms with van der Waals surface area (Å²) in [5.41, 5.74) is 0.830. The van der Waals surface area contributed by atoms with E-state index in [4.69, 9.17) is 9.26 Å². The fourth-order valence-corrected chi connectivity index (χ4v) is 1.82. The van der Waals surface area contributed by atoms with E-state index in [1.165, 1.54) is 24.3 Å². The van der Waals surface area contributed by atoms with Crippen molar-refractivity contribution in [2.45, 2.75) is 20.0 Å². The van der Waals surface area contributed by atoms with E-state index in [9.17, 15) is 14.3 Å². The average molecular weight is 279 g/mol. The van der Waals surface area contributed by atoms with Gasteiger partial charge in [-0.2, -0.15) is 0 Å². The largest absolute Gasteiger partial charge is 0.462 e. The maximum Gasteiger partial charge on any atom is 0.343 e. The van der Waals surface area contributed by atoms with Crippen LogP contribution in [-0.4, -0.2) is 22.8 Å². The van der Waals surface area contributed by atoms with Crippen molar-refractivity contribution in [3.05, 3.63) is 52.7 Å². The molecule has 0 aliphatic rings. The SMILES string of the molecule is CCOC(=O)c1c(C)noc1C(O)c1ccc(F)cc1. The van der Waals surface area contributed by atoms with Gasteiger partial charge in [0.25, 0.3) is 0 Å². The van der Waals surface area contributed by atoms with Crippen LogP contribution in [0.15, 0.2) is 28.8 Å². The van der Waals surface area contributed by atoms with Crippen molar-refractivity contribution < 1.29 is 23.6 Å². The Balaban J connectivity index is 2.37. The number of aliphatic hydroxyl groups excluding tert-OH is 1. The smallest absolute Gasteiger partial charge is 0.343 e. The van der Waals surface area contributed by atoms with Crippen LogP contribution < -0.4 is 0 Å². The number of nitrogens with zero attached hydrogens (tertiary/aromatic N) is 1. The van der Waals surface area contributed by atoms with Crippen LogP contribution in [0.1, 0.15) is 40.4 Å². The number of carbonyl (C=O) groups is 1. The van der Waals surface area contributed by atoms with E-state index in [2.05, 4.69) is 5.16 Å². The fourth-order valence-electron chi connectivity index (χ4n) is 1.82. The number of halogens is 1. The number of rotatable bonds is 4. The number of esters is 1. The van der Waals surface area contributed by atoms with Gasteiger partial charge in [-0.15, -0.1) is 0 Å². The maximum atomic E-state index is 12.9. The van der Waals surface area contributed by atoms with E-state index in [1.54, 1.807) is 13.8 Å². The molecule has 0 aliphatic heterocycles. The molecule has 1 atom stereocenters. The second kappa shape index (κ2) is 5.83. The number of hydrogen-bond acceptors (Lipinski definition) is 5. The zero-order valence-corrected chi connectivity index (χ0v) is 11.1. The van der Waals surface area contributed by atoms with Crippen LogP contribution in [0.4, 0.5) is 4.39 Å². The van der Waals surface area contributed by atoms with E-state index in [1.807, 2.05) is 0 Å². The Labute approximate surface area is 115 Å². The van der Waals surface area contributed by atoms with Crippen LogP contribution in [0, 0.1) is 12.7 Å². The number of aryl methyl sites for hydroxylation is 1. The third-order valence-electron chi connectivity index (χ3n) is 2.80. The molecule has 0 aliphatic carbocycles. The summed E-state index contributed by atoms with van der Waals surface area (Å²) in [5.74, 6) is -1.03. The molecule has 0 fully saturated rings. The Morgan fingerprint density at radius 1 is 1.45 bits per heavy atom. The highest BCUT2D eigenvalue weighted by Gasteiger charge is 2.27. The van der Waals surface area contributed by atoms with Gasteiger partial charge in [0.1, 0.15) is 17.5 Å². The van der Waals surface area contributed by atoms with Crippen molar-refractivity contribution in [3.63, 3.8) is 0 Å². The minimum Gasteiger partial charge on any atom is -0.462 e. The Morgan fingerprint density at radius 2 is 2.10 bits per heavy atom. The summed E-state index contributed by atoms with van der Waals surface area (Å²) in [5, 5.41) is 13.9. The molecule has 0 amide bonds. The summed E-state index contributed by atoms with van der Waals surface area (Å²) in [7, 11) is 0. The van der Waals surface area contributed by atoms with Crippen molar-refractivity contribution in [1.29, 1.82) is 0 Å². The highest BCUT2D eigenvalue weighted by molar-refractivity contribution is 5.91. The van der Waals surface area contributed by atoms with Gasteiger partial charge in [0.05, 0.1) is 12.3 Å². The highest BCUT2D eigenvalue weighted by atomic mass is 19.1. The van der Waals surface area contributed by atoms with Crippen molar-refractivity contribution >= 4 is 5.97 Å². The molecule has 2 aromatic rings. The van der Waals surface area contributed by atoms with E-state index in [0.29, 0.717) is 11.3 Å². The Bertz CT molecular complexity index is 606. The molecule has 0 saturated carbocycles. The fraction of sp³-hybridized carbons (Fsp3) is 0.286. The predicted molar refractivity (Wildman–Crippen MR) is 67.7 cm³/mol. The molecule has 1 N–H and O–H groups in total. The van der Waals surface area contributed by atoms with Crippen LogP contribution in [0.25, 0.3) is 0 Å². The number of ether oxygens (including phenoxy) is 1. The number of benzene rings is 1. The third kappa shape index (κ3) is 2.70. The first kappa shape index (κ1) is 14.2. The van der Waals surface area contributed by atoms with Crippen LogP contribution >= 0.6 is 0 Å². The molecule has 5 nitrogen and oxygen atoms in total. The second-order valence-corrected chi connectivity index (χ2v) is 4.18. The Kier molecular flexibility index (Phi) is 4.14. The predicted octanol–water partition coefficient (Wildman–Crippen LogP) is 2.38. The van der Waals surface area contributed by atoms with Gasteiger partial charge in [-0.05, 0) is 31.5 Å². The topological polar surface area (TPSA) is 72.6 Å². The zero-order chi connectivity index (χ0) is 14.7. The van der Waals surface area contributed by atoms with Gasteiger partial charge in [0, 0.05) is 0 Å². The van der Waals surface area contributed by atoms with E-state index >= 15 is 0 Å². The van der Waals surface area contributed by atoms with E-state index in [-0.39, 0.29) is 17.9 Å². The number of aromatic nitrogens is 1. The quantitative estimate of drug-likeness (QED) is 0.870. The summed E-state index contributed by atoms with van der Waals surface area (Å²) in [4.78, 5) is 11.8. The molecule has 6 heteroatoms. The van der Waals surface area contributed by atoms with Crippen LogP contribution in [0.3, 0.4) is 0 Å². The molecule has 0 saturated heterocycles. The second-order valence-electron chi connectivity index (χ2n) is 4.18. The summed E-state index contributed by atoms with van der Waals surface area (Å²) < 4.78 is 22.8. The van der Waals surface area contributed by atoms with Crippen LogP contribution in [-0.2, 0) is 4.74 Å². The first-order valence-electron chi connectivity index (χ1n) is 6.11. The summed E-state index contributed by atoms with van der Waals surface area (Å²) in [6.07, 6.45) is -1.21. The first-order chi connectivity index (χ1) is 9.54. The number of hydrogen-bond donors (Lipinski definition) is 1. The molecule has 1 heterocycles. The third-order valence-corrected chi connectivity index (χ3v) is 2.80. The zero-order valence-electron chi connectivity index (χ0n) is 11.1. The van der Waals surface area contributed by atoms with Crippen molar-refractivity contribution in [2.75, 3.05) is 6.61 Å². The lowest BCUT2D eigenvalue weighted by atomic mass is 10.0. The summed E-state index contributed by atoms with van der Waals surface area (Å²) in [6, 6.07) is 5.25. The molecule has 2 rings (SSSR count). The Hall–Kier alpha value is -2.21. The standard InChI is InChI=1S/C14H14FNO4/c1-3-19-14(18)11-8(2)16-20-13(11)12(17)9-4-6-10(15)7-5-9/h4-7,12,17H,3H2,1-2H3. The molecule has 106 valence electrons. The lowest BCUT2D eigenvalue weighted by Gasteiger charge is -2.09. The van der Waals surface area contributed by atoms with Gasteiger partial charge in [-0.25, -0.2) is 9.18 Å². The van der Waals surface area contributed by atoms with Gasteiger partial charge in [-0.1, -0.05) is 17.3 Å². The first-order valence-corrected chi connectivity index (χ1v) is 6.11.